The highest BCUT2D eigenvalue weighted by molar-refractivity contribution is 5.97. The van der Waals surface area contributed by atoms with Crippen LogP contribution in [-0.4, -0.2) is 32.1 Å². The van der Waals surface area contributed by atoms with Crippen LogP contribution in [0.15, 0.2) is 0 Å². The van der Waals surface area contributed by atoms with Crippen LogP contribution in [0, 0.1) is 5.92 Å². The summed E-state index contributed by atoms with van der Waals surface area (Å²) >= 11 is 0. The zero-order chi connectivity index (χ0) is 10.4. The molecular weight excluding hydrogens is 172 g/mol. The molecule has 2 atom stereocenters. The van der Waals surface area contributed by atoms with E-state index in [2.05, 4.69) is 4.74 Å². The highest BCUT2D eigenvalue weighted by Crippen LogP contribution is 2.11. The molecule has 0 fully saturated rings. The van der Waals surface area contributed by atoms with Gasteiger partial charge in [-0.1, -0.05) is 0 Å². The van der Waals surface area contributed by atoms with Gasteiger partial charge in [0.25, 0.3) is 0 Å². The quantitative estimate of drug-likeness (QED) is 0.473. The molecule has 4 heteroatoms. The Balaban J connectivity index is 4.26. The van der Waals surface area contributed by atoms with E-state index >= 15 is 0 Å². The van der Waals surface area contributed by atoms with Crippen molar-refractivity contribution in [2.45, 2.75) is 26.4 Å². The van der Waals surface area contributed by atoms with Crippen LogP contribution in [0.3, 0.4) is 0 Å². The standard InChI is InChI=1S/C9H16O4/c1-6(12-3)5-8(7(2)10)9(11)13-4/h6,8H,5H2,1-4H3. The van der Waals surface area contributed by atoms with Gasteiger partial charge in [-0.2, -0.15) is 0 Å². The van der Waals surface area contributed by atoms with Crippen LogP contribution in [0.4, 0.5) is 0 Å². The Kier molecular flexibility index (Phi) is 5.30. The summed E-state index contributed by atoms with van der Waals surface area (Å²) in [5, 5.41) is 0. The highest BCUT2D eigenvalue weighted by atomic mass is 16.5. The molecule has 0 N–H and O–H groups in total. The van der Waals surface area contributed by atoms with E-state index in [4.69, 9.17) is 4.74 Å². The van der Waals surface area contributed by atoms with Gasteiger partial charge in [-0.3, -0.25) is 9.59 Å². The number of carbonyl (C=O) groups is 2. The zero-order valence-electron chi connectivity index (χ0n) is 8.49. The molecule has 0 aliphatic rings. The van der Waals surface area contributed by atoms with E-state index in [1.54, 1.807) is 14.0 Å². The molecule has 0 aliphatic heterocycles. The number of hydrogen-bond donors (Lipinski definition) is 0. The van der Waals surface area contributed by atoms with Crippen molar-refractivity contribution in [1.29, 1.82) is 0 Å². The number of ketones is 1. The number of ether oxygens (including phenoxy) is 2. The van der Waals surface area contributed by atoms with Crippen LogP contribution in [0.5, 0.6) is 0 Å². The van der Waals surface area contributed by atoms with Crippen molar-refractivity contribution in [3.63, 3.8) is 0 Å². The van der Waals surface area contributed by atoms with Crippen molar-refractivity contribution >= 4 is 11.8 Å². The molecule has 0 spiro atoms. The van der Waals surface area contributed by atoms with Gasteiger partial charge in [0.2, 0.25) is 0 Å². The molecule has 0 amide bonds. The first kappa shape index (κ1) is 12.1. The zero-order valence-corrected chi connectivity index (χ0v) is 8.49. The first-order valence-corrected chi connectivity index (χ1v) is 4.14. The Bertz CT molecular complexity index is 188. The Hall–Kier alpha value is -0.900. The third kappa shape index (κ3) is 4.03. The van der Waals surface area contributed by atoms with Crippen molar-refractivity contribution in [2.75, 3.05) is 14.2 Å². The Morgan fingerprint density at radius 1 is 1.31 bits per heavy atom. The van der Waals surface area contributed by atoms with Crippen molar-refractivity contribution in [3.05, 3.63) is 0 Å². The van der Waals surface area contributed by atoms with Crippen LogP contribution in [0.2, 0.25) is 0 Å². The van der Waals surface area contributed by atoms with Crippen LogP contribution in [0.25, 0.3) is 0 Å². The van der Waals surface area contributed by atoms with Crippen LogP contribution in [0.1, 0.15) is 20.3 Å². The van der Waals surface area contributed by atoms with Crippen LogP contribution in [-0.2, 0) is 19.1 Å². The minimum atomic E-state index is -0.694. The summed E-state index contributed by atoms with van der Waals surface area (Å²) < 4.78 is 9.47. The lowest BCUT2D eigenvalue weighted by molar-refractivity contribution is -0.150. The van der Waals surface area contributed by atoms with Crippen LogP contribution >= 0.6 is 0 Å². The summed E-state index contributed by atoms with van der Waals surface area (Å²) in [4.78, 5) is 22.1. The van der Waals surface area contributed by atoms with E-state index in [-0.39, 0.29) is 11.9 Å². The first-order valence-electron chi connectivity index (χ1n) is 4.14. The largest absolute Gasteiger partial charge is 0.468 e. The maximum absolute atomic E-state index is 11.1. The lowest BCUT2D eigenvalue weighted by Crippen LogP contribution is -2.27. The monoisotopic (exact) mass is 188 g/mol. The van der Waals surface area contributed by atoms with Crippen LogP contribution < -0.4 is 0 Å². The average molecular weight is 188 g/mol. The molecule has 0 aromatic rings. The van der Waals surface area contributed by atoms with Crippen molar-refractivity contribution in [2.24, 2.45) is 5.92 Å². The second kappa shape index (κ2) is 5.70. The fraction of sp³-hybridized carbons (Fsp3) is 0.778. The van der Waals surface area contributed by atoms with E-state index in [1.807, 2.05) is 0 Å². The Morgan fingerprint density at radius 3 is 2.15 bits per heavy atom. The minimum Gasteiger partial charge on any atom is -0.468 e. The Morgan fingerprint density at radius 2 is 1.85 bits per heavy atom. The van der Waals surface area contributed by atoms with Gasteiger partial charge in [-0.05, 0) is 20.3 Å². The molecule has 76 valence electrons. The summed E-state index contributed by atoms with van der Waals surface area (Å²) in [6.45, 7) is 3.18. The van der Waals surface area contributed by atoms with E-state index in [0.29, 0.717) is 6.42 Å². The van der Waals surface area contributed by atoms with E-state index < -0.39 is 11.9 Å². The van der Waals surface area contributed by atoms with E-state index in [0.717, 1.165) is 0 Å². The third-order valence-corrected chi connectivity index (χ3v) is 1.95. The summed E-state index contributed by atoms with van der Waals surface area (Å²) in [5.41, 5.74) is 0. The predicted octanol–water partition coefficient (Wildman–Crippen LogP) is 0.790. The number of rotatable bonds is 5. The molecule has 0 rings (SSSR count). The molecule has 2 unspecified atom stereocenters. The molecule has 0 saturated carbocycles. The molecule has 0 radical (unpaired) electrons. The second-order valence-corrected chi connectivity index (χ2v) is 2.97. The molecule has 0 bridgehead atoms. The van der Waals surface area contributed by atoms with E-state index in [1.165, 1.54) is 14.0 Å². The third-order valence-electron chi connectivity index (χ3n) is 1.95. The molecule has 4 nitrogen and oxygen atoms in total. The molecule has 0 aromatic carbocycles. The average Bonchev–Trinajstić information content (AvgIpc) is 2.11. The smallest absolute Gasteiger partial charge is 0.316 e. The summed E-state index contributed by atoms with van der Waals surface area (Å²) in [6, 6.07) is 0. The molecule has 0 saturated heterocycles. The van der Waals surface area contributed by atoms with Crippen molar-refractivity contribution in [3.8, 4) is 0 Å². The highest BCUT2D eigenvalue weighted by Gasteiger charge is 2.25. The molecular formula is C9H16O4. The number of esters is 1. The normalized spacial score (nSPS) is 14.8. The Labute approximate surface area is 78.2 Å². The van der Waals surface area contributed by atoms with Gasteiger partial charge in [0.15, 0.2) is 0 Å². The number of Topliss-reactive ketones (excluding diaryl/α,β-unsaturated/α-hetero) is 1. The van der Waals surface area contributed by atoms with Gasteiger partial charge in [-0.15, -0.1) is 0 Å². The van der Waals surface area contributed by atoms with Gasteiger partial charge in [-0.25, -0.2) is 0 Å². The topological polar surface area (TPSA) is 52.6 Å². The molecule has 0 aromatic heterocycles. The fourth-order valence-electron chi connectivity index (χ4n) is 0.999. The lowest BCUT2D eigenvalue weighted by atomic mass is 9.98. The second-order valence-electron chi connectivity index (χ2n) is 2.97. The van der Waals surface area contributed by atoms with Crippen molar-refractivity contribution < 1.29 is 19.1 Å². The molecule has 0 heterocycles. The first-order chi connectivity index (χ1) is 6.02. The number of carbonyl (C=O) groups excluding carboxylic acids is 2. The molecule has 13 heavy (non-hydrogen) atoms. The minimum absolute atomic E-state index is 0.118. The van der Waals surface area contributed by atoms with Gasteiger partial charge < -0.3 is 9.47 Å². The van der Waals surface area contributed by atoms with Gasteiger partial charge in [0.05, 0.1) is 13.2 Å². The maximum atomic E-state index is 11.1. The van der Waals surface area contributed by atoms with Gasteiger partial charge >= 0.3 is 5.97 Å². The van der Waals surface area contributed by atoms with Gasteiger partial charge in [0, 0.05) is 7.11 Å². The maximum Gasteiger partial charge on any atom is 0.316 e. The lowest BCUT2D eigenvalue weighted by Gasteiger charge is -2.15. The number of hydrogen-bond acceptors (Lipinski definition) is 4. The molecule has 0 aliphatic carbocycles. The van der Waals surface area contributed by atoms with Crippen molar-refractivity contribution in [1.82, 2.24) is 0 Å². The summed E-state index contributed by atoms with van der Waals surface area (Å²) in [5.74, 6) is -1.37. The van der Waals surface area contributed by atoms with Gasteiger partial charge in [0.1, 0.15) is 11.7 Å². The fourth-order valence-corrected chi connectivity index (χ4v) is 0.999. The van der Waals surface area contributed by atoms with E-state index in [9.17, 15) is 9.59 Å². The summed E-state index contributed by atoms with van der Waals surface area (Å²) in [7, 11) is 2.81. The predicted molar refractivity (Wildman–Crippen MR) is 47.3 cm³/mol. The summed E-state index contributed by atoms with van der Waals surface area (Å²) in [6.07, 6.45) is 0.256. The number of methoxy groups -OCH3 is 2. The SMILES string of the molecule is COC(=O)C(CC(C)OC)C(C)=O.